The minimum atomic E-state index is 0.261. The molecule has 18 heavy (non-hydrogen) atoms. The topological polar surface area (TPSA) is 24.1 Å². The molecule has 1 saturated heterocycles. The Morgan fingerprint density at radius 1 is 0.944 bits per heavy atom. The van der Waals surface area contributed by atoms with Gasteiger partial charge in [-0.15, -0.1) is 0 Å². The maximum atomic E-state index is 3.98. The molecule has 2 heteroatoms. The zero-order valence-electron chi connectivity index (χ0n) is 13.0. The first kappa shape index (κ1) is 14.3. The molecule has 0 aromatic rings. The average molecular weight is 252 g/mol. The van der Waals surface area contributed by atoms with Crippen LogP contribution in [0, 0.1) is 5.92 Å². The molecule has 1 saturated carbocycles. The van der Waals surface area contributed by atoms with E-state index in [1.54, 1.807) is 0 Å². The van der Waals surface area contributed by atoms with Gasteiger partial charge in [0.2, 0.25) is 0 Å². The van der Waals surface area contributed by atoms with E-state index in [-0.39, 0.29) is 11.1 Å². The van der Waals surface area contributed by atoms with E-state index in [9.17, 15) is 0 Å². The molecule has 2 N–H and O–H groups in total. The number of nitrogens with one attached hydrogen (secondary N) is 2. The van der Waals surface area contributed by atoms with Gasteiger partial charge in [0.15, 0.2) is 0 Å². The number of piperidine rings is 1. The summed E-state index contributed by atoms with van der Waals surface area (Å²) in [7, 11) is 0. The normalized spacial score (nSPS) is 36.5. The van der Waals surface area contributed by atoms with Crippen LogP contribution >= 0.6 is 0 Å². The first-order valence-corrected chi connectivity index (χ1v) is 7.83. The summed E-state index contributed by atoms with van der Waals surface area (Å²) in [6.45, 7) is 11.8. The second-order valence-corrected chi connectivity index (χ2v) is 8.03. The van der Waals surface area contributed by atoms with Crippen LogP contribution in [0.3, 0.4) is 0 Å². The molecule has 0 amide bonds. The maximum absolute atomic E-state index is 3.98. The zero-order chi connectivity index (χ0) is 13.4. The fraction of sp³-hybridized carbons (Fsp3) is 1.00. The number of hydrogen-bond donors (Lipinski definition) is 2. The molecule has 1 aliphatic heterocycles. The van der Waals surface area contributed by atoms with Crippen molar-refractivity contribution >= 4 is 0 Å². The largest absolute Gasteiger partial charge is 0.311 e. The fourth-order valence-electron chi connectivity index (χ4n) is 4.31. The maximum Gasteiger partial charge on any atom is 0.0144 e. The first-order chi connectivity index (χ1) is 8.27. The van der Waals surface area contributed by atoms with E-state index >= 15 is 0 Å². The van der Waals surface area contributed by atoms with Gasteiger partial charge in [0.1, 0.15) is 0 Å². The highest BCUT2D eigenvalue weighted by Crippen LogP contribution is 2.31. The van der Waals surface area contributed by atoms with E-state index in [4.69, 9.17) is 0 Å². The van der Waals surface area contributed by atoms with Crippen LogP contribution in [0.5, 0.6) is 0 Å². The van der Waals surface area contributed by atoms with Crippen LogP contribution in [0.2, 0.25) is 0 Å². The predicted octanol–water partition coefficient (Wildman–Crippen LogP) is 3.46. The van der Waals surface area contributed by atoms with E-state index in [0.717, 1.165) is 12.0 Å². The Bertz CT molecular complexity index is 267. The molecule has 106 valence electrons. The van der Waals surface area contributed by atoms with Crippen LogP contribution < -0.4 is 10.6 Å². The lowest BCUT2D eigenvalue weighted by Crippen LogP contribution is -2.63. The van der Waals surface area contributed by atoms with Crippen LogP contribution in [0.1, 0.15) is 73.1 Å². The summed E-state index contributed by atoms with van der Waals surface area (Å²) >= 11 is 0. The lowest BCUT2D eigenvalue weighted by Gasteiger charge is -2.48. The van der Waals surface area contributed by atoms with Crippen LogP contribution in [0.15, 0.2) is 0 Å². The van der Waals surface area contributed by atoms with Gasteiger partial charge in [0.05, 0.1) is 0 Å². The molecule has 0 aromatic carbocycles. The van der Waals surface area contributed by atoms with E-state index < -0.39 is 0 Å². The molecule has 2 aliphatic rings. The van der Waals surface area contributed by atoms with Crippen LogP contribution in [0.4, 0.5) is 0 Å². The molecule has 2 unspecified atom stereocenters. The second-order valence-electron chi connectivity index (χ2n) is 8.03. The van der Waals surface area contributed by atoms with Gasteiger partial charge < -0.3 is 10.6 Å². The van der Waals surface area contributed by atoms with Gasteiger partial charge in [-0.25, -0.2) is 0 Å². The van der Waals surface area contributed by atoms with Crippen molar-refractivity contribution in [3.05, 3.63) is 0 Å². The fourth-order valence-corrected chi connectivity index (χ4v) is 4.31. The Balaban J connectivity index is 1.95. The summed E-state index contributed by atoms with van der Waals surface area (Å²) in [4.78, 5) is 0. The molecule has 0 radical (unpaired) electrons. The van der Waals surface area contributed by atoms with Crippen LogP contribution in [-0.2, 0) is 0 Å². The van der Waals surface area contributed by atoms with E-state index in [1.807, 2.05) is 0 Å². The van der Waals surface area contributed by atoms with Gasteiger partial charge in [-0.1, -0.05) is 19.8 Å². The summed E-state index contributed by atoms with van der Waals surface area (Å²) in [6.07, 6.45) is 8.14. The molecule has 1 aliphatic carbocycles. The molecule has 0 bridgehead atoms. The Hall–Kier alpha value is -0.0800. The molecule has 2 fully saturated rings. The van der Waals surface area contributed by atoms with Gasteiger partial charge >= 0.3 is 0 Å². The highest BCUT2D eigenvalue weighted by atomic mass is 15.1. The summed E-state index contributed by atoms with van der Waals surface area (Å²) in [6, 6.07) is 1.44. The van der Waals surface area contributed by atoms with E-state index in [0.29, 0.717) is 6.04 Å². The molecule has 0 spiro atoms. The van der Waals surface area contributed by atoms with Crippen molar-refractivity contribution in [3.8, 4) is 0 Å². The minimum Gasteiger partial charge on any atom is -0.311 e. The van der Waals surface area contributed by atoms with Crippen molar-refractivity contribution < 1.29 is 0 Å². The Kier molecular flexibility index (Phi) is 4.08. The Morgan fingerprint density at radius 3 is 2.06 bits per heavy atom. The van der Waals surface area contributed by atoms with Crippen molar-refractivity contribution in [2.75, 3.05) is 0 Å². The molecule has 2 rings (SSSR count). The highest BCUT2D eigenvalue weighted by Gasteiger charge is 2.38. The van der Waals surface area contributed by atoms with Gasteiger partial charge in [0.25, 0.3) is 0 Å². The third-order valence-electron chi connectivity index (χ3n) is 4.75. The van der Waals surface area contributed by atoms with Crippen molar-refractivity contribution in [2.45, 2.75) is 96.3 Å². The van der Waals surface area contributed by atoms with E-state index in [2.05, 4.69) is 45.3 Å². The van der Waals surface area contributed by atoms with Crippen molar-refractivity contribution in [3.63, 3.8) is 0 Å². The standard InChI is InChI=1S/C16H32N2/c1-12-8-6-7-9-14(12)17-13-10-15(2,3)18-16(4,5)11-13/h12-14,17-18H,6-11H2,1-5H3. The Labute approximate surface area is 113 Å². The molecule has 1 heterocycles. The summed E-state index contributed by atoms with van der Waals surface area (Å²) in [5, 5.41) is 7.75. The quantitative estimate of drug-likeness (QED) is 0.786. The van der Waals surface area contributed by atoms with Crippen molar-refractivity contribution in [1.29, 1.82) is 0 Å². The molecular weight excluding hydrogens is 220 g/mol. The molecular formula is C16H32N2. The molecule has 0 aromatic heterocycles. The van der Waals surface area contributed by atoms with Gasteiger partial charge in [-0.05, 0) is 59.3 Å². The third kappa shape index (κ3) is 3.71. The first-order valence-electron chi connectivity index (χ1n) is 7.83. The van der Waals surface area contributed by atoms with Crippen molar-refractivity contribution in [2.24, 2.45) is 5.92 Å². The summed E-state index contributed by atoms with van der Waals surface area (Å²) in [5.74, 6) is 0.861. The Morgan fingerprint density at radius 2 is 1.50 bits per heavy atom. The predicted molar refractivity (Wildman–Crippen MR) is 78.9 cm³/mol. The molecule has 2 nitrogen and oxygen atoms in total. The number of rotatable bonds is 2. The van der Waals surface area contributed by atoms with Gasteiger partial charge in [0, 0.05) is 23.2 Å². The monoisotopic (exact) mass is 252 g/mol. The van der Waals surface area contributed by atoms with Crippen molar-refractivity contribution in [1.82, 2.24) is 10.6 Å². The summed E-state index contributed by atoms with van der Waals surface area (Å²) in [5.41, 5.74) is 0.522. The minimum absolute atomic E-state index is 0.261. The smallest absolute Gasteiger partial charge is 0.0144 e. The zero-order valence-corrected chi connectivity index (χ0v) is 13.0. The highest BCUT2D eigenvalue weighted by molar-refractivity contribution is 5.00. The average Bonchev–Trinajstić information content (AvgIpc) is 2.16. The lowest BCUT2D eigenvalue weighted by atomic mass is 9.78. The number of hydrogen-bond acceptors (Lipinski definition) is 2. The molecule has 2 atom stereocenters. The lowest BCUT2D eigenvalue weighted by molar-refractivity contribution is 0.126. The SMILES string of the molecule is CC1CCCCC1NC1CC(C)(C)NC(C)(C)C1. The van der Waals surface area contributed by atoms with Gasteiger partial charge in [-0.2, -0.15) is 0 Å². The van der Waals surface area contributed by atoms with Crippen LogP contribution in [-0.4, -0.2) is 23.2 Å². The third-order valence-corrected chi connectivity index (χ3v) is 4.75. The van der Waals surface area contributed by atoms with E-state index in [1.165, 1.54) is 38.5 Å². The summed E-state index contributed by atoms with van der Waals surface area (Å²) < 4.78 is 0. The van der Waals surface area contributed by atoms with Gasteiger partial charge in [-0.3, -0.25) is 0 Å². The van der Waals surface area contributed by atoms with Crippen LogP contribution in [0.25, 0.3) is 0 Å². The second kappa shape index (κ2) is 5.13.